The fourth-order valence-corrected chi connectivity index (χ4v) is 0.649. The number of esters is 1. The standard InChI is InChI=1S/C9H17NO2/c1-4-12-9(11)6-5-7-10-8(2)3/h5-6,8,10H,4,7H2,1-3H3. The third-order valence-corrected chi connectivity index (χ3v) is 1.18. The average Bonchev–Trinajstić information content (AvgIpc) is 1.98. The topological polar surface area (TPSA) is 38.3 Å². The van der Waals surface area contributed by atoms with Crippen LogP contribution in [0.3, 0.4) is 0 Å². The first-order valence-corrected chi connectivity index (χ1v) is 4.23. The van der Waals surface area contributed by atoms with Crippen molar-refractivity contribution in [2.24, 2.45) is 0 Å². The van der Waals surface area contributed by atoms with Crippen molar-refractivity contribution < 1.29 is 9.53 Å². The van der Waals surface area contributed by atoms with Gasteiger partial charge >= 0.3 is 5.97 Å². The predicted octanol–water partition coefficient (Wildman–Crippen LogP) is 1.10. The lowest BCUT2D eigenvalue weighted by molar-refractivity contribution is -0.137. The molecule has 0 radical (unpaired) electrons. The van der Waals surface area contributed by atoms with E-state index in [1.165, 1.54) is 6.08 Å². The van der Waals surface area contributed by atoms with E-state index in [2.05, 4.69) is 19.2 Å². The number of carbonyl (C=O) groups is 1. The van der Waals surface area contributed by atoms with E-state index in [1.807, 2.05) is 0 Å². The molecule has 0 bridgehead atoms. The Morgan fingerprint density at radius 3 is 2.75 bits per heavy atom. The van der Waals surface area contributed by atoms with Crippen molar-refractivity contribution in [3.8, 4) is 0 Å². The van der Waals surface area contributed by atoms with Gasteiger partial charge in [0.05, 0.1) is 6.61 Å². The van der Waals surface area contributed by atoms with Crippen molar-refractivity contribution in [3.05, 3.63) is 12.2 Å². The smallest absolute Gasteiger partial charge is 0.330 e. The van der Waals surface area contributed by atoms with Crippen LogP contribution in [0.2, 0.25) is 0 Å². The molecule has 0 heterocycles. The Labute approximate surface area is 73.8 Å². The summed E-state index contributed by atoms with van der Waals surface area (Å²) in [6.07, 6.45) is 3.21. The van der Waals surface area contributed by atoms with Crippen molar-refractivity contribution in [2.75, 3.05) is 13.2 Å². The lowest BCUT2D eigenvalue weighted by Crippen LogP contribution is -2.22. The van der Waals surface area contributed by atoms with Gasteiger partial charge in [-0.05, 0) is 6.92 Å². The van der Waals surface area contributed by atoms with Crippen LogP contribution in [-0.4, -0.2) is 25.2 Å². The van der Waals surface area contributed by atoms with Crippen LogP contribution in [0.4, 0.5) is 0 Å². The zero-order valence-electron chi connectivity index (χ0n) is 7.96. The highest BCUT2D eigenvalue weighted by molar-refractivity contribution is 5.81. The monoisotopic (exact) mass is 171 g/mol. The molecule has 0 saturated carbocycles. The van der Waals surface area contributed by atoms with Crippen LogP contribution in [0.25, 0.3) is 0 Å². The van der Waals surface area contributed by atoms with E-state index in [1.54, 1.807) is 13.0 Å². The third-order valence-electron chi connectivity index (χ3n) is 1.18. The van der Waals surface area contributed by atoms with Crippen LogP contribution in [-0.2, 0) is 9.53 Å². The summed E-state index contributed by atoms with van der Waals surface area (Å²) in [5.74, 6) is -0.275. The molecule has 0 aromatic rings. The van der Waals surface area contributed by atoms with Gasteiger partial charge in [-0.1, -0.05) is 19.9 Å². The summed E-state index contributed by atoms with van der Waals surface area (Å²) in [4.78, 5) is 10.8. The van der Waals surface area contributed by atoms with Gasteiger partial charge < -0.3 is 10.1 Å². The average molecular weight is 171 g/mol. The van der Waals surface area contributed by atoms with Gasteiger partial charge in [0, 0.05) is 18.7 Å². The van der Waals surface area contributed by atoms with E-state index in [9.17, 15) is 4.79 Å². The largest absolute Gasteiger partial charge is 0.463 e. The maximum atomic E-state index is 10.8. The molecule has 0 aliphatic rings. The molecule has 0 atom stereocenters. The molecule has 0 aliphatic carbocycles. The SMILES string of the molecule is CCOC(=O)C=CCNC(C)C. The molecule has 12 heavy (non-hydrogen) atoms. The van der Waals surface area contributed by atoms with Gasteiger partial charge in [0.15, 0.2) is 0 Å². The summed E-state index contributed by atoms with van der Waals surface area (Å²) in [5.41, 5.74) is 0. The van der Waals surface area contributed by atoms with Crippen molar-refractivity contribution in [3.63, 3.8) is 0 Å². The number of rotatable bonds is 5. The van der Waals surface area contributed by atoms with Crippen LogP contribution in [0.5, 0.6) is 0 Å². The number of hydrogen-bond donors (Lipinski definition) is 1. The number of nitrogens with one attached hydrogen (secondary N) is 1. The van der Waals surface area contributed by atoms with E-state index in [-0.39, 0.29) is 5.97 Å². The minimum absolute atomic E-state index is 0.275. The second-order valence-electron chi connectivity index (χ2n) is 2.72. The van der Waals surface area contributed by atoms with Crippen molar-refractivity contribution >= 4 is 5.97 Å². The van der Waals surface area contributed by atoms with Gasteiger partial charge in [-0.3, -0.25) is 0 Å². The Balaban J connectivity index is 3.41. The number of ether oxygens (including phenoxy) is 1. The maximum Gasteiger partial charge on any atom is 0.330 e. The normalized spacial score (nSPS) is 11.0. The van der Waals surface area contributed by atoms with Crippen LogP contribution in [0.15, 0.2) is 12.2 Å². The summed E-state index contributed by atoms with van der Waals surface area (Å²) in [6.45, 7) is 7.03. The number of hydrogen-bond acceptors (Lipinski definition) is 3. The minimum atomic E-state index is -0.275. The molecule has 0 amide bonds. The maximum absolute atomic E-state index is 10.8. The fraction of sp³-hybridized carbons (Fsp3) is 0.667. The van der Waals surface area contributed by atoms with Crippen LogP contribution in [0.1, 0.15) is 20.8 Å². The summed E-state index contributed by atoms with van der Waals surface area (Å²) < 4.78 is 4.70. The molecule has 0 fully saturated rings. The highest BCUT2D eigenvalue weighted by Crippen LogP contribution is 1.81. The van der Waals surface area contributed by atoms with Crippen LogP contribution in [0, 0.1) is 0 Å². The lowest BCUT2D eigenvalue weighted by Gasteiger charge is -2.03. The van der Waals surface area contributed by atoms with Crippen molar-refractivity contribution in [1.82, 2.24) is 5.32 Å². The third kappa shape index (κ3) is 7.28. The molecular formula is C9H17NO2. The molecule has 0 saturated heterocycles. The Hall–Kier alpha value is -0.830. The molecule has 0 rings (SSSR count). The van der Waals surface area contributed by atoms with E-state index >= 15 is 0 Å². The molecule has 3 nitrogen and oxygen atoms in total. The Bertz CT molecular complexity index is 153. The van der Waals surface area contributed by atoms with E-state index in [4.69, 9.17) is 4.74 Å². The summed E-state index contributed by atoms with van der Waals surface area (Å²) in [5, 5.41) is 3.15. The van der Waals surface area contributed by atoms with Gasteiger partial charge in [0.2, 0.25) is 0 Å². The molecule has 1 N–H and O–H groups in total. The summed E-state index contributed by atoms with van der Waals surface area (Å²) in [6, 6.07) is 0.442. The highest BCUT2D eigenvalue weighted by Gasteiger charge is 1.92. The predicted molar refractivity (Wildman–Crippen MR) is 48.9 cm³/mol. The van der Waals surface area contributed by atoms with Crippen LogP contribution >= 0.6 is 0 Å². The van der Waals surface area contributed by atoms with E-state index < -0.39 is 0 Å². The Morgan fingerprint density at radius 1 is 1.58 bits per heavy atom. The van der Waals surface area contributed by atoms with Crippen molar-refractivity contribution in [2.45, 2.75) is 26.8 Å². The van der Waals surface area contributed by atoms with E-state index in [0.29, 0.717) is 19.2 Å². The first-order valence-electron chi connectivity index (χ1n) is 4.23. The second kappa shape index (κ2) is 6.85. The molecule has 0 aromatic carbocycles. The van der Waals surface area contributed by atoms with Crippen LogP contribution < -0.4 is 5.32 Å². The van der Waals surface area contributed by atoms with Gasteiger partial charge in [0.1, 0.15) is 0 Å². The fourth-order valence-electron chi connectivity index (χ4n) is 0.649. The quantitative estimate of drug-likeness (QED) is 0.497. The number of carbonyl (C=O) groups excluding carboxylic acids is 1. The summed E-state index contributed by atoms with van der Waals surface area (Å²) in [7, 11) is 0. The Kier molecular flexibility index (Phi) is 6.38. The first-order chi connectivity index (χ1) is 5.66. The molecule has 0 aromatic heterocycles. The van der Waals surface area contributed by atoms with Gasteiger partial charge in [-0.25, -0.2) is 4.79 Å². The summed E-state index contributed by atoms with van der Waals surface area (Å²) >= 11 is 0. The molecule has 0 unspecified atom stereocenters. The second-order valence-corrected chi connectivity index (χ2v) is 2.72. The highest BCUT2D eigenvalue weighted by atomic mass is 16.5. The zero-order valence-corrected chi connectivity index (χ0v) is 7.96. The minimum Gasteiger partial charge on any atom is -0.463 e. The van der Waals surface area contributed by atoms with E-state index in [0.717, 1.165) is 0 Å². The lowest BCUT2D eigenvalue weighted by atomic mass is 10.4. The molecule has 0 spiro atoms. The Morgan fingerprint density at radius 2 is 2.25 bits per heavy atom. The first kappa shape index (κ1) is 11.2. The molecule has 3 heteroatoms. The molecule has 0 aliphatic heterocycles. The molecule has 70 valence electrons. The van der Waals surface area contributed by atoms with Crippen molar-refractivity contribution in [1.29, 1.82) is 0 Å². The van der Waals surface area contributed by atoms with Gasteiger partial charge in [-0.2, -0.15) is 0 Å². The molecular weight excluding hydrogens is 154 g/mol. The van der Waals surface area contributed by atoms with Gasteiger partial charge in [-0.15, -0.1) is 0 Å². The zero-order chi connectivity index (χ0) is 9.40. The van der Waals surface area contributed by atoms with Gasteiger partial charge in [0.25, 0.3) is 0 Å².